The molecule has 2 N–H and O–H groups in total. The highest BCUT2D eigenvalue weighted by atomic mass is 16.5. The molecular weight excluding hydrogens is 801 g/mol. The van der Waals surface area contributed by atoms with Gasteiger partial charge in [0.25, 0.3) is 0 Å². The summed E-state index contributed by atoms with van der Waals surface area (Å²) < 4.78 is 10.2. The van der Waals surface area contributed by atoms with Crippen LogP contribution in [0.25, 0.3) is 0 Å². The minimum Gasteiger partial charge on any atom is -0.466 e. The first kappa shape index (κ1) is 49.8. The summed E-state index contributed by atoms with van der Waals surface area (Å²) in [5, 5.41) is 20.8. The van der Waals surface area contributed by atoms with Gasteiger partial charge in [-0.3, -0.25) is 14.4 Å². The number of rotatable bonds is 11. The molecule has 0 amide bonds. The van der Waals surface area contributed by atoms with E-state index >= 15 is 0 Å². The van der Waals surface area contributed by atoms with Crippen molar-refractivity contribution in [1.29, 1.82) is 0 Å². The van der Waals surface area contributed by atoms with Gasteiger partial charge in [-0.15, -0.1) is 0 Å². The van der Waals surface area contributed by atoms with E-state index < -0.39 is 0 Å². The van der Waals surface area contributed by atoms with Crippen molar-refractivity contribution in [3.8, 4) is 0 Å². The highest BCUT2D eigenvalue weighted by Crippen LogP contribution is 2.70. The number of allylic oxidation sites excluding steroid dienone is 1. The number of ether oxygens (including phenoxy) is 2. The lowest BCUT2D eigenvalue weighted by molar-refractivity contribution is -0.173. The van der Waals surface area contributed by atoms with Crippen LogP contribution in [0.2, 0.25) is 0 Å². The van der Waals surface area contributed by atoms with Gasteiger partial charge >= 0.3 is 11.9 Å². The number of fused-ring (bicyclic) bond motifs is 10. The van der Waals surface area contributed by atoms with Crippen molar-refractivity contribution in [3.63, 3.8) is 0 Å². The van der Waals surface area contributed by atoms with E-state index in [0.717, 1.165) is 89.9 Å². The molecule has 8 saturated carbocycles. The molecule has 362 valence electrons. The molecule has 0 radical (unpaired) electrons. The van der Waals surface area contributed by atoms with Gasteiger partial charge in [0.15, 0.2) is 0 Å². The Balaban J connectivity index is 0.000000191. The predicted octanol–water partition coefficient (Wildman–Crippen LogP) is 11.4. The van der Waals surface area contributed by atoms with Crippen molar-refractivity contribution in [3.05, 3.63) is 12.2 Å². The molecule has 0 bridgehead atoms. The molecule has 8 nitrogen and oxygen atoms in total. The predicted molar refractivity (Wildman–Crippen MR) is 252 cm³/mol. The molecule has 20 atom stereocenters. The Hall–Kier alpha value is -2.06. The molecule has 6 unspecified atom stereocenters. The molecule has 64 heavy (non-hydrogen) atoms. The molecular formula is C56H90O8. The molecule has 0 aromatic rings. The van der Waals surface area contributed by atoms with Gasteiger partial charge in [-0.25, -0.2) is 4.79 Å². The van der Waals surface area contributed by atoms with Crippen LogP contribution < -0.4 is 0 Å². The Bertz CT molecular complexity index is 1720. The van der Waals surface area contributed by atoms with Crippen molar-refractivity contribution >= 4 is 23.5 Å². The number of carbonyl (C=O) groups excluding carboxylic acids is 4. The zero-order chi connectivity index (χ0) is 46.5. The third-order valence-electron chi connectivity index (χ3n) is 21.7. The Labute approximate surface area is 388 Å². The summed E-state index contributed by atoms with van der Waals surface area (Å²) in [4.78, 5) is 51.8. The number of carbonyl (C=O) groups is 4. The topological polar surface area (TPSA) is 127 Å². The number of hydrogen-bond donors (Lipinski definition) is 2. The Morgan fingerprint density at radius 3 is 1.52 bits per heavy atom. The van der Waals surface area contributed by atoms with E-state index in [2.05, 4.69) is 55.4 Å². The quantitative estimate of drug-likeness (QED) is 0.155. The highest BCUT2D eigenvalue weighted by molar-refractivity contribution is 5.86. The fraction of sp³-hybridized carbons (Fsp3) is 0.893. The molecule has 8 fully saturated rings. The van der Waals surface area contributed by atoms with Gasteiger partial charge in [0.05, 0.1) is 25.4 Å². The zero-order valence-electron chi connectivity index (χ0n) is 41.9. The van der Waals surface area contributed by atoms with E-state index in [-0.39, 0.29) is 69.5 Å². The smallest absolute Gasteiger partial charge is 0.330 e. The minimum atomic E-state index is -0.255. The molecule has 0 aromatic heterocycles. The summed E-state index contributed by atoms with van der Waals surface area (Å²) >= 11 is 0. The average Bonchev–Trinajstić information content (AvgIpc) is 3.81. The molecule has 0 heterocycles. The van der Waals surface area contributed by atoms with E-state index in [4.69, 9.17) is 9.47 Å². The first-order valence-electron chi connectivity index (χ1n) is 26.8. The summed E-state index contributed by atoms with van der Waals surface area (Å²) in [6.45, 7) is 23.3. The summed E-state index contributed by atoms with van der Waals surface area (Å²) in [5.74, 6) is 5.83. The lowest BCUT2D eigenvalue weighted by atomic mass is 9.42. The van der Waals surface area contributed by atoms with Gasteiger partial charge in [-0.1, -0.05) is 61.5 Å². The summed E-state index contributed by atoms with van der Waals surface area (Å²) in [6, 6.07) is 0. The highest BCUT2D eigenvalue weighted by Gasteiger charge is 2.67. The number of esters is 2. The standard InChI is InChI=1S/C28H46O4.C28H44O4/c2*1-6-19-23-16-18(29)12-14-28(23,5)22-13-15-27(4)20(9-10-21(27)25(22)26(19)31)17(3)8-11-24(30)32-7-2/h17-23,25,29H,6-16H2,1-5H3;8,11,17-23,25,29H,6-7,9-10,12-16H2,1-5H3/b;11-8+/t2*17-,18-,19-,20-,21?,22?,23+,25?,27-,28-/m11/s1. The van der Waals surface area contributed by atoms with Crippen LogP contribution in [0.1, 0.15) is 185 Å². The molecule has 8 aliphatic carbocycles. The SMILES string of the molecule is CCOC(=O)/C=C/[C@@H](C)[C@H]1CCC2C3C(=O)[C@H](CC)[C@@H]4C[C@H](O)CC[C@]4(C)C3CC[C@@]21C.CCOC(=O)CC[C@@H](C)[C@H]1CCC2C3C(=O)[C@H](CC)[C@@H]4C[C@H](O)CC[C@]4(C)C3CC[C@@]21C. The zero-order valence-corrected chi connectivity index (χ0v) is 41.9. The van der Waals surface area contributed by atoms with Crippen LogP contribution in [0, 0.1) is 105 Å². The maximum atomic E-state index is 14.0. The minimum absolute atomic E-state index is 0.0746. The molecule has 8 rings (SSSR count). The van der Waals surface area contributed by atoms with Crippen molar-refractivity contribution in [2.75, 3.05) is 13.2 Å². The maximum Gasteiger partial charge on any atom is 0.330 e. The van der Waals surface area contributed by atoms with E-state index in [1.54, 1.807) is 6.08 Å². The number of Topliss-reactive ketones (excluding diaryl/α,β-unsaturated/α-hetero) is 2. The largest absolute Gasteiger partial charge is 0.466 e. The number of aliphatic hydroxyl groups is 2. The van der Waals surface area contributed by atoms with E-state index in [0.29, 0.717) is 90.4 Å². The van der Waals surface area contributed by atoms with Crippen LogP contribution in [0.3, 0.4) is 0 Å². The van der Waals surface area contributed by atoms with Crippen molar-refractivity contribution in [1.82, 2.24) is 0 Å². The molecule has 0 aliphatic heterocycles. The summed E-state index contributed by atoms with van der Waals surface area (Å²) in [7, 11) is 0. The van der Waals surface area contributed by atoms with Gasteiger partial charge < -0.3 is 19.7 Å². The van der Waals surface area contributed by atoms with E-state index in [1.165, 1.54) is 19.3 Å². The van der Waals surface area contributed by atoms with E-state index in [9.17, 15) is 29.4 Å². The first-order chi connectivity index (χ1) is 30.3. The van der Waals surface area contributed by atoms with Gasteiger partial charge in [0, 0.05) is 36.2 Å². The van der Waals surface area contributed by atoms with Crippen LogP contribution in [-0.4, -0.2) is 59.1 Å². The second kappa shape index (κ2) is 19.5. The average molecular weight is 891 g/mol. The third-order valence-corrected chi connectivity index (χ3v) is 21.7. The van der Waals surface area contributed by atoms with Gasteiger partial charge in [-0.05, 0) is 204 Å². The van der Waals surface area contributed by atoms with Crippen LogP contribution in [0.5, 0.6) is 0 Å². The molecule has 8 heteroatoms. The van der Waals surface area contributed by atoms with Crippen LogP contribution in [0.15, 0.2) is 12.2 Å². The number of ketones is 2. The van der Waals surface area contributed by atoms with Crippen molar-refractivity contribution in [2.24, 2.45) is 105 Å². The van der Waals surface area contributed by atoms with Crippen LogP contribution in [0.4, 0.5) is 0 Å². The van der Waals surface area contributed by atoms with Crippen molar-refractivity contribution in [2.45, 2.75) is 197 Å². The number of aliphatic hydroxyl groups excluding tert-OH is 2. The second-order valence-corrected chi connectivity index (χ2v) is 24.1. The third kappa shape index (κ3) is 8.56. The van der Waals surface area contributed by atoms with Gasteiger partial charge in [-0.2, -0.15) is 0 Å². The molecule has 0 saturated heterocycles. The second-order valence-electron chi connectivity index (χ2n) is 24.1. The van der Waals surface area contributed by atoms with Gasteiger partial charge in [0.2, 0.25) is 0 Å². The summed E-state index contributed by atoms with van der Waals surface area (Å²) in [5.41, 5.74) is 0.756. The van der Waals surface area contributed by atoms with E-state index in [1.807, 2.05) is 19.9 Å². The molecule has 0 spiro atoms. The Morgan fingerprint density at radius 1 is 0.609 bits per heavy atom. The normalized spacial score (nSPS) is 46.8. The Kier molecular flexibility index (Phi) is 15.2. The maximum absolute atomic E-state index is 14.0. The lowest BCUT2D eigenvalue weighted by Crippen LogP contribution is -2.60. The first-order valence-corrected chi connectivity index (χ1v) is 26.8. The van der Waals surface area contributed by atoms with Crippen LogP contribution in [-0.2, 0) is 28.7 Å². The summed E-state index contributed by atoms with van der Waals surface area (Å²) in [6.07, 6.45) is 21.3. The number of hydrogen-bond acceptors (Lipinski definition) is 8. The fourth-order valence-electron chi connectivity index (χ4n) is 18.5. The lowest BCUT2D eigenvalue weighted by Gasteiger charge is -2.62. The monoisotopic (exact) mass is 891 g/mol. The van der Waals surface area contributed by atoms with Crippen molar-refractivity contribution < 1.29 is 38.9 Å². The fourth-order valence-corrected chi connectivity index (χ4v) is 18.5. The Morgan fingerprint density at radius 2 is 1.05 bits per heavy atom. The van der Waals surface area contributed by atoms with Gasteiger partial charge in [0.1, 0.15) is 11.6 Å². The van der Waals surface area contributed by atoms with Crippen LogP contribution >= 0.6 is 0 Å². The molecule has 0 aromatic carbocycles. The molecule has 8 aliphatic rings.